The van der Waals surface area contributed by atoms with E-state index in [1.807, 2.05) is 6.07 Å². The van der Waals surface area contributed by atoms with Gasteiger partial charge in [-0.2, -0.15) is 4.31 Å². The van der Waals surface area contributed by atoms with Gasteiger partial charge in [0.2, 0.25) is 10.0 Å². The summed E-state index contributed by atoms with van der Waals surface area (Å²) in [7, 11) is -3.73. The van der Waals surface area contributed by atoms with Crippen LogP contribution in [-0.2, 0) is 16.6 Å². The highest BCUT2D eigenvalue weighted by molar-refractivity contribution is 7.89. The molecule has 1 aliphatic heterocycles. The molecule has 162 valence electrons. The van der Waals surface area contributed by atoms with Gasteiger partial charge in [0, 0.05) is 29.6 Å². The van der Waals surface area contributed by atoms with Crippen molar-refractivity contribution in [2.75, 3.05) is 13.2 Å². The van der Waals surface area contributed by atoms with Crippen LogP contribution >= 0.6 is 0 Å². The van der Waals surface area contributed by atoms with Crippen molar-refractivity contribution in [1.29, 1.82) is 0 Å². The van der Waals surface area contributed by atoms with E-state index in [4.69, 9.17) is 9.47 Å². The number of H-pyrrole nitrogens is 1. The van der Waals surface area contributed by atoms with Crippen molar-refractivity contribution in [2.24, 2.45) is 0 Å². The molecular weight excluding hydrogens is 416 g/mol. The topological polar surface area (TPSA) is 88.7 Å². The van der Waals surface area contributed by atoms with E-state index in [0.29, 0.717) is 35.8 Å². The lowest BCUT2D eigenvalue weighted by Gasteiger charge is -2.28. The molecule has 2 aliphatic rings. The molecule has 1 aromatic heterocycles. The van der Waals surface area contributed by atoms with Crippen molar-refractivity contribution in [3.63, 3.8) is 0 Å². The van der Waals surface area contributed by atoms with Crippen LogP contribution in [0.2, 0.25) is 0 Å². The van der Waals surface area contributed by atoms with Gasteiger partial charge < -0.3 is 14.5 Å². The molecule has 5 rings (SSSR count). The lowest BCUT2D eigenvalue weighted by Crippen LogP contribution is -2.39. The third kappa shape index (κ3) is 3.81. The van der Waals surface area contributed by atoms with Gasteiger partial charge >= 0.3 is 0 Å². The predicted molar refractivity (Wildman–Crippen MR) is 117 cm³/mol. The molecule has 0 atom stereocenters. The van der Waals surface area contributed by atoms with Gasteiger partial charge in [-0.1, -0.05) is 31.0 Å². The van der Waals surface area contributed by atoms with Crippen LogP contribution in [0.25, 0.3) is 10.9 Å². The molecule has 7 nitrogen and oxygen atoms in total. The lowest BCUT2D eigenvalue weighted by atomic mass is 10.1. The Morgan fingerprint density at radius 3 is 2.35 bits per heavy atom. The predicted octanol–water partition coefficient (Wildman–Crippen LogP) is 3.43. The Morgan fingerprint density at radius 1 is 0.968 bits per heavy atom. The molecule has 0 bridgehead atoms. The Kier molecular flexibility index (Phi) is 5.19. The summed E-state index contributed by atoms with van der Waals surface area (Å²) in [6, 6.07) is 13.7. The number of hydrogen-bond donors (Lipinski definition) is 1. The SMILES string of the molecule is O=c1[nH]c2cc3c(cc2cc1CN(C1CCCC1)S(=O)(=O)c1ccccc1)OCCO3. The normalized spacial score (nSPS) is 16.8. The first kappa shape index (κ1) is 20.1. The summed E-state index contributed by atoms with van der Waals surface area (Å²) in [4.78, 5) is 16.0. The zero-order valence-corrected chi connectivity index (χ0v) is 17.9. The summed E-state index contributed by atoms with van der Waals surface area (Å²) in [5.74, 6) is 1.22. The average Bonchev–Trinajstić information content (AvgIpc) is 3.31. The van der Waals surface area contributed by atoms with E-state index in [0.717, 1.165) is 31.1 Å². The lowest BCUT2D eigenvalue weighted by molar-refractivity contribution is 0.172. The average molecular weight is 441 g/mol. The second kappa shape index (κ2) is 8.01. The number of hydrogen-bond acceptors (Lipinski definition) is 5. The summed E-state index contributed by atoms with van der Waals surface area (Å²) >= 11 is 0. The van der Waals surface area contributed by atoms with Gasteiger partial charge in [0.15, 0.2) is 11.5 Å². The minimum atomic E-state index is -3.73. The number of aromatic nitrogens is 1. The first-order valence-corrected chi connectivity index (χ1v) is 12.0. The Morgan fingerprint density at radius 2 is 1.65 bits per heavy atom. The number of sulfonamides is 1. The van der Waals surface area contributed by atoms with Crippen LogP contribution in [-0.4, -0.2) is 37.0 Å². The summed E-state index contributed by atoms with van der Waals surface area (Å²) in [6.07, 6.45) is 3.58. The Bertz CT molecular complexity index is 1260. The molecule has 1 saturated carbocycles. The van der Waals surface area contributed by atoms with E-state index >= 15 is 0 Å². The standard InChI is InChI=1S/C23H24N2O5S/c26-23-17(12-16-13-21-22(14-20(16)24-23)30-11-10-29-21)15-25(18-6-4-5-7-18)31(27,28)19-8-2-1-3-9-19/h1-3,8-9,12-14,18H,4-7,10-11,15H2,(H,24,26). The van der Waals surface area contributed by atoms with E-state index in [2.05, 4.69) is 4.98 Å². The maximum atomic E-state index is 13.5. The molecule has 0 unspecified atom stereocenters. The van der Waals surface area contributed by atoms with Crippen LogP contribution in [0.1, 0.15) is 31.2 Å². The van der Waals surface area contributed by atoms with Gasteiger partial charge in [0.25, 0.3) is 5.56 Å². The number of fused-ring (bicyclic) bond motifs is 2. The summed E-state index contributed by atoms with van der Waals surface area (Å²) < 4.78 is 39.7. The highest BCUT2D eigenvalue weighted by Gasteiger charge is 2.34. The van der Waals surface area contributed by atoms with Gasteiger partial charge in [-0.15, -0.1) is 0 Å². The number of nitrogens with one attached hydrogen (secondary N) is 1. The zero-order valence-electron chi connectivity index (χ0n) is 17.0. The second-order valence-electron chi connectivity index (χ2n) is 8.01. The first-order chi connectivity index (χ1) is 15.0. The fourth-order valence-electron chi connectivity index (χ4n) is 4.40. The summed E-state index contributed by atoms with van der Waals surface area (Å²) in [5, 5.41) is 0.780. The Hall–Kier alpha value is -2.84. The largest absolute Gasteiger partial charge is 0.486 e. The number of benzene rings is 2. The fraction of sp³-hybridized carbons (Fsp3) is 0.348. The van der Waals surface area contributed by atoms with Crippen LogP contribution < -0.4 is 15.0 Å². The van der Waals surface area contributed by atoms with Crippen LogP contribution in [0.4, 0.5) is 0 Å². The second-order valence-corrected chi connectivity index (χ2v) is 9.90. The van der Waals surface area contributed by atoms with Crippen LogP contribution in [0, 0.1) is 0 Å². The van der Waals surface area contributed by atoms with Gasteiger partial charge in [-0.3, -0.25) is 4.79 Å². The quantitative estimate of drug-likeness (QED) is 0.657. The van der Waals surface area contributed by atoms with Crippen molar-refractivity contribution in [3.8, 4) is 11.5 Å². The molecule has 0 radical (unpaired) electrons. The third-order valence-electron chi connectivity index (χ3n) is 5.99. The molecule has 2 heterocycles. The summed E-state index contributed by atoms with van der Waals surface area (Å²) in [5.41, 5.74) is 0.752. The molecule has 1 N–H and O–H groups in total. The van der Waals surface area contributed by atoms with Crippen molar-refractivity contribution in [1.82, 2.24) is 9.29 Å². The molecule has 31 heavy (non-hydrogen) atoms. The maximum absolute atomic E-state index is 13.5. The van der Waals surface area contributed by atoms with Crippen molar-refractivity contribution in [2.45, 2.75) is 43.2 Å². The number of ether oxygens (including phenoxy) is 2. The molecule has 3 aromatic rings. The van der Waals surface area contributed by atoms with Gasteiger partial charge in [0.05, 0.1) is 10.4 Å². The van der Waals surface area contributed by atoms with E-state index in [9.17, 15) is 13.2 Å². The van der Waals surface area contributed by atoms with Gasteiger partial charge in [-0.05, 0) is 37.1 Å². The highest BCUT2D eigenvalue weighted by Crippen LogP contribution is 2.34. The molecule has 0 amide bonds. The van der Waals surface area contributed by atoms with Gasteiger partial charge in [-0.25, -0.2) is 8.42 Å². The first-order valence-electron chi connectivity index (χ1n) is 10.5. The number of nitrogens with zero attached hydrogens (tertiary/aromatic N) is 1. The van der Waals surface area contributed by atoms with E-state index < -0.39 is 10.0 Å². The van der Waals surface area contributed by atoms with E-state index in [1.165, 1.54) is 4.31 Å². The van der Waals surface area contributed by atoms with Gasteiger partial charge in [0.1, 0.15) is 13.2 Å². The zero-order chi connectivity index (χ0) is 21.4. The van der Waals surface area contributed by atoms with E-state index in [-0.39, 0.29) is 23.0 Å². The molecule has 1 aliphatic carbocycles. The Labute approximate surface area is 180 Å². The maximum Gasteiger partial charge on any atom is 0.252 e. The van der Waals surface area contributed by atoms with Crippen molar-refractivity contribution in [3.05, 3.63) is 64.4 Å². The monoisotopic (exact) mass is 440 g/mol. The van der Waals surface area contributed by atoms with E-state index in [1.54, 1.807) is 42.5 Å². The third-order valence-corrected chi connectivity index (χ3v) is 7.90. The molecule has 8 heteroatoms. The molecule has 1 fully saturated rings. The summed E-state index contributed by atoms with van der Waals surface area (Å²) in [6.45, 7) is 0.968. The van der Waals surface area contributed by atoms with Crippen molar-refractivity contribution < 1.29 is 17.9 Å². The smallest absolute Gasteiger partial charge is 0.252 e. The number of pyridine rings is 1. The molecule has 2 aromatic carbocycles. The fourth-order valence-corrected chi connectivity index (χ4v) is 6.09. The number of aromatic amines is 1. The van der Waals surface area contributed by atoms with Crippen LogP contribution in [0.15, 0.2) is 58.2 Å². The minimum absolute atomic E-state index is 0.0294. The minimum Gasteiger partial charge on any atom is -0.486 e. The molecular formula is C23H24N2O5S. The molecule has 0 spiro atoms. The highest BCUT2D eigenvalue weighted by atomic mass is 32.2. The molecule has 0 saturated heterocycles. The van der Waals surface area contributed by atoms with Crippen LogP contribution in [0.3, 0.4) is 0 Å². The Balaban J connectivity index is 1.56. The van der Waals surface area contributed by atoms with Crippen LogP contribution in [0.5, 0.6) is 11.5 Å². The van der Waals surface area contributed by atoms with Crippen molar-refractivity contribution >= 4 is 20.9 Å². The number of rotatable bonds is 5.